The fourth-order valence-electron chi connectivity index (χ4n) is 4.36. The number of nitrogens with zero attached hydrogens (tertiary/aromatic N) is 3. The average Bonchev–Trinajstić information content (AvgIpc) is 2.92. The molecule has 1 aromatic heterocycles. The van der Waals surface area contributed by atoms with Gasteiger partial charge in [0.25, 0.3) is 11.8 Å². The molecule has 1 aliphatic rings. The van der Waals surface area contributed by atoms with E-state index >= 15 is 0 Å². The minimum absolute atomic E-state index is 0.0209. The number of piperazine rings is 1. The molecule has 1 fully saturated rings. The molecule has 11 heteroatoms. The summed E-state index contributed by atoms with van der Waals surface area (Å²) in [5, 5.41) is 2.49. The lowest BCUT2D eigenvalue weighted by molar-refractivity contribution is 0.0595. The lowest BCUT2D eigenvalue weighted by Gasteiger charge is -2.37. The van der Waals surface area contributed by atoms with E-state index in [2.05, 4.69) is 29.0 Å². The number of rotatable bonds is 7. The van der Waals surface area contributed by atoms with Crippen LogP contribution in [0.25, 0.3) is 0 Å². The molecule has 206 valence electrons. The van der Waals surface area contributed by atoms with Crippen LogP contribution in [-0.2, 0) is 0 Å². The molecule has 8 nitrogen and oxygen atoms in total. The van der Waals surface area contributed by atoms with Gasteiger partial charge in [0.2, 0.25) is 0 Å². The summed E-state index contributed by atoms with van der Waals surface area (Å²) in [5.74, 6) is -2.41. The van der Waals surface area contributed by atoms with Crippen LogP contribution < -0.4 is 15.8 Å². The van der Waals surface area contributed by atoms with Crippen LogP contribution in [0.15, 0.2) is 48.7 Å². The minimum atomic E-state index is -1.11. The molecule has 1 saturated heterocycles. The van der Waals surface area contributed by atoms with E-state index in [0.29, 0.717) is 30.4 Å². The molecule has 0 spiro atoms. The van der Waals surface area contributed by atoms with E-state index in [0.717, 1.165) is 25.2 Å². The van der Waals surface area contributed by atoms with Gasteiger partial charge in [-0.2, -0.15) is 0 Å². The Morgan fingerprint density at radius 2 is 1.69 bits per heavy atom. The molecule has 4 rings (SSSR count). The maximum absolute atomic E-state index is 14.4. The van der Waals surface area contributed by atoms with E-state index in [-0.39, 0.29) is 33.6 Å². The summed E-state index contributed by atoms with van der Waals surface area (Å²) in [6.45, 7) is 8.71. The minimum Gasteiger partial charge on any atom is -0.482 e. The van der Waals surface area contributed by atoms with Crippen LogP contribution in [0.1, 0.15) is 53.2 Å². The number of carbonyl (C=O) groups is 2. The number of benzene rings is 2. The van der Waals surface area contributed by atoms with Gasteiger partial charge in [0.1, 0.15) is 11.9 Å². The summed E-state index contributed by atoms with van der Waals surface area (Å²) in [7, 11) is 0. The van der Waals surface area contributed by atoms with Crippen molar-refractivity contribution >= 4 is 34.9 Å². The third-order valence-corrected chi connectivity index (χ3v) is 6.95. The number of ether oxygens (including phenoxy) is 1. The molecule has 3 N–H and O–H groups in total. The standard InChI is InChI=1S/C28H30ClF2N5O3/c1-16(2)35-10-12-36(13-11-35)28(38)18-4-6-20(7-5-18)34-27(37)19-14-23(26(32)33-15-19)39-17(3)24-22(30)9-8-21(29)25(24)31/h4-9,14-17H,10-13H2,1-3H3,(H2,32,33)(H,34,37)/t17-/m1/s1. The topological polar surface area (TPSA) is 101 Å². The van der Waals surface area contributed by atoms with E-state index < -0.39 is 23.6 Å². The van der Waals surface area contributed by atoms with Crippen LogP contribution in [-0.4, -0.2) is 58.8 Å². The molecule has 0 saturated carbocycles. The molecule has 2 amide bonds. The van der Waals surface area contributed by atoms with Crippen molar-refractivity contribution in [3.8, 4) is 5.75 Å². The second-order valence-corrected chi connectivity index (χ2v) is 9.98. The quantitative estimate of drug-likeness (QED) is 0.390. The second kappa shape index (κ2) is 12.0. The summed E-state index contributed by atoms with van der Waals surface area (Å²) in [6, 6.07) is 10.5. The van der Waals surface area contributed by atoms with E-state index in [1.54, 1.807) is 24.3 Å². The number of aromatic nitrogens is 1. The zero-order valence-electron chi connectivity index (χ0n) is 21.9. The summed E-state index contributed by atoms with van der Waals surface area (Å²) < 4.78 is 34.3. The zero-order chi connectivity index (χ0) is 28.3. The smallest absolute Gasteiger partial charge is 0.257 e. The highest BCUT2D eigenvalue weighted by Gasteiger charge is 2.24. The van der Waals surface area contributed by atoms with Crippen molar-refractivity contribution in [3.05, 3.63) is 82.0 Å². The Bertz CT molecular complexity index is 1360. The van der Waals surface area contributed by atoms with Crippen molar-refractivity contribution in [2.24, 2.45) is 0 Å². The Morgan fingerprint density at radius 1 is 1.03 bits per heavy atom. The summed E-state index contributed by atoms with van der Waals surface area (Å²) in [4.78, 5) is 33.9. The predicted molar refractivity (Wildman–Crippen MR) is 146 cm³/mol. The fraction of sp³-hybridized carbons (Fsp3) is 0.321. The Kier molecular flexibility index (Phi) is 8.66. The molecule has 2 aromatic carbocycles. The Labute approximate surface area is 230 Å². The van der Waals surface area contributed by atoms with E-state index in [1.807, 2.05) is 4.90 Å². The van der Waals surface area contributed by atoms with Gasteiger partial charge in [0, 0.05) is 49.7 Å². The van der Waals surface area contributed by atoms with Gasteiger partial charge in [-0.15, -0.1) is 0 Å². The van der Waals surface area contributed by atoms with Gasteiger partial charge in [0.15, 0.2) is 17.4 Å². The average molecular weight is 558 g/mol. The summed E-state index contributed by atoms with van der Waals surface area (Å²) in [6.07, 6.45) is 0.154. The normalized spacial score (nSPS) is 14.8. The van der Waals surface area contributed by atoms with Gasteiger partial charge < -0.3 is 20.7 Å². The molecule has 0 radical (unpaired) electrons. The molecular formula is C28H30ClF2N5O3. The van der Waals surface area contributed by atoms with Gasteiger partial charge in [-0.25, -0.2) is 13.8 Å². The number of pyridine rings is 1. The highest BCUT2D eigenvalue weighted by molar-refractivity contribution is 6.30. The molecule has 3 aromatic rings. The fourth-order valence-corrected chi connectivity index (χ4v) is 4.53. The molecule has 0 unspecified atom stereocenters. The third-order valence-electron chi connectivity index (χ3n) is 6.66. The first-order valence-electron chi connectivity index (χ1n) is 12.6. The van der Waals surface area contributed by atoms with Gasteiger partial charge in [-0.05, 0) is 63.2 Å². The highest BCUT2D eigenvalue weighted by Crippen LogP contribution is 2.32. The van der Waals surface area contributed by atoms with Crippen LogP contribution in [0.3, 0.4) is 0 Å². The van der Waals surface area contributed by atoms with Gasteiger partial charge >= 0.3 is 0 Å². The van der Waals surface area contributed by atoms with Crippen molar-refractivity contribution in [3.63, 3.8) is 0 Å². The maximum atomic E-state index is 14.4. The number of nitrogen functional groups attached to an aromatic ring is 1. The van der Waals surface area contributed by atoms with Crippen LogP contribution in [0.2, 0.25) is 5.02 Å². The van der Waals surface area contributed by atoms with Crippen LogP contribution in [0.4, 0.5) is 20.3 Å². The van der Waals surface area contributed by atoms with Crippen molar-refractivity contribution in [2.45, 2.75) is 32.9 Å². The monoisotopic (exact) mass is 557 g/mol. The first-order chi connectivity index (χ1) is 18.5. The van der Waals surface area contributed by atoms with E-state index in [9.17, 15) is 18.4 Å². The number of anilines is 2. The zero-order valence-corrected chi connectivity index (χ0v) is 22.6. The van der Waals surface area contributed by atoms with E-state index in [4.69, 9.17) is 22.1 Å². The number of halogens is 3. The van der Waals surface area contributed by atoms with Crippen LogP contribution >= 0.6 is 11.6 Å². The number of nitrogens with two attached hydrogens (primary N) is 1. The molecule has 1 aliphatic heterocycles. The molecule has 0 bridgehead atoms. The van der Waals surface area contributed by atoms with Crippen molar-refractivity contribution in [2.75, 3.05) is 37.2 Å². The van der Waals surface area contributed by atoms with Crippen molar-refractivity contribution in [1.29, 1.82) is 0 Å². The molecule has 2 heterocycles. The maximum Gasteiger partial charge on any atom is 0.257 e. The number of hydrogen-bond acceptors (Lipinski definition) is 6. The summed E-state index contributed by atoms with van der Waals surface area (Å²) >= 11 is 5.78. The largest absolute Gasteiger partial charge is 0.482 e. The lowest BCUT2D eigenvalue weighted by Crippen LogP contribution is -2.50. The van der Waals surface area contributed by atoms with E-state index in [1.165, 1.54) is 19.2 Å². The Balaban J connectivity index is 1.41. The molecule has 0 aliphatic carbocycles. The molecule has 1 atom stereocenters. The van der Waals surface area contributed by atoms with Crippen LogP contribution in [0, 0.1) is 11.6 Å². The van der Waals surface area contributed by atoms with Crippen molar-refractivity contribution < 1.29 is 23.1 Å². The predicted octanol–water partition coefficient (Wildman–Crippen LogP) is 5.15. The van der Waals surface area contributed by atoms with Gasteiger partial charge in [-0.3, -0.25) is 14.5 Å². The van der Waals surface area contributed by atoms with Gasteiger partial charge in [-0.1, -0.05) is 11.6 Å². The first-order valence-corrected chi connectivity index (χ1v) is 12.9. The third kappa shape index (κ3) is 6.46. The number of amides is 2. The van der Waals surface area contributed by atoms with Crippen molar-refractivity contribution in [1.82, 2.24) is 14.8 Å². The molecule has 39 heavy (non-hydrogen) atoms. The number of hydrogen-bond donors (Lipinski definition) is 2. The SMILES string of the molecule is CC(C)N1CCN(C(=O)c2ccc(NC(=O)c3cnc(N)c(O[C@H](C)c4c(F)ccc(Cl)c4F)c3)cc2)CC1. The summed E-state index contributed by atoms with van der Waals surface area (Å²) in [5.41, 5.74) is 6.63. The first kappa shape index (κ1) is 28.3. The number of carbonyl (C=O) groups excluding carboxylic acids is 2. The Morgan fingerprint density at radius 3 is 2.33 bits per heavy atom. The van der Waals surface area contributed by atoms with Gasteiger partial charge in [0.05, 0.1) is 16.1 Å². The highest BCUT2D eigenvalue weighted by atomic mass is 35.5. The Hall–Kier alpha value is -3.76. The van der Waals surface area contributed by atoms with Crippen LogP contribution in [0.5, 0.6) is 5.75 Å². The molecular weight excluding hydrogens is 528 g/mol. The lowest BCUT2D eigenvalue weighted by atomic mass is 10.1. The second-order valence-electron chi connectivity index (χ2n) is 9.58. The number of nitrogens with one attached hydrogen (secondary N) is 1.